The van der Waals surface area contributed by atoms with Crippen molar-refractivity contribution in [3.8, 4) is 5.75 Å². The van der Waals surface area contributed by atoms with Crippen molar-refractivity contribution in [1.29, 1.82) is 0 Å². The molecule has 0 saturated heterocycles. The molecule has 1 amide bonds. The molecule has 4 heteroatoms. The van der Waals surface area contributed by atoms with E-state index in [-0.39, 0.29) is 5.91 Å². The first kappa shape index (κ1) is 14.9. The smallest absolute Gasteiger partial charge is 0.238 e. The predicted molar refractivity (Wildman–Crippen MR) is 79.8 cm³/mol. The third-order valence-electron chi connectivity index (χ3n) is 4.05. The van der Waals surface area contributed by atoms with Crippen LogP contribution in [0.15, 0.2) is 18.2 Å². The summed E-state index contributed by atoms with van der Waals surface area (Å²) in [4.78, 5) is 12.0. The van der Waals surface area contributed by atoms with Crippen LogP contribution in [-0.2, 0) is 17.6 Å². The van der Waals surface area contributed by atoms with Gasteiger partial charge in [-0.2, -0.15) is 0 Å². The average Bonchev–Trinajstić information content (AvgIpc) is 2.43. The summed E-state index contributed by atoms with van der Waals surface area (Å²) in [5.74, 6) is 1.05. The Bertz CT molecular complexity index is 499. The van der Waals surface area contributed by atoms with Crippen LogP contribution < -0.4 is 15.8 Å². The minimum atomic E-state index is -0.621. The van der Waals surface area contributed by atoms with Crippen LogP contribution in [0.25, 0.3) is 0 Å². The molecule has 1 aliphatic rings. The van der Waals surface area contributed by atoms with E-state index in [0.717, 1.165) is 30.7 Å². The van der Waals surface area contributed by atoms with Gasteiger partial charge in [0.25, 0.3) is 0 Å². The number of ether oxygens (including phenoxy) is 1. The first-order valence-corrected chi connectivity index (χ1v) is 7.17. The van der Waals surface area contributed by atoms with E-state index in [9.17, 15) is 4.79 Å². The van der Waals surface area contributed by atoms with Crippen molar-refractivity contribution in [2.45, 2.75) is 38.6 Å². The average molecular weight is 276 g/mol. The maximum absolute atomic E-state index is 12.0. The zero-order valence-corrected chi connectivity index (χ0v) is 12.5. The van der Waals surface area contributed by atoms with Crippen molar-refractivity contribution in [1.82, 2.24) is 5.32 Å². The maximum Gasteiger partial charge on any atom is 0.238 e. The Hall–Kier alpha value is -1.55. The lowest BCUT2D eigenvalue weighted by Gasteiger charge is -2.37. The Morgan fingerprint density at radius 2 is 2.20 bits per heavy atom. The number of nitrogens with two attached hydrogens (primary N) is 1. The summed E-state index contributed by atoms with van der Waals surface area (Å²) in [7, 11) is 1.66. The van der Waals surface area contributed by atoms with E-state index in [2.05, 4.69) is 25.2 Å². The number of hydrogen-bond donors (Lipinski definition) is 2. The SMILES string of the molecule is COc1ccc2c(c1)CC(NCC(C)C)(C(N)=O)CC2. The van der Waals surface area contributed by atoms with E-state index in [0.29, 0.717) is 12.3 Å². The molecule has 1 aliphatic carbocycles. The lowest BCUT2D eigenvalue weighted by molar-refractivity contribution is -0.125. The lowest BCUT2D eigenvalue weighted by atomic mass is 9.77. The molecule has 1 aromatic carbocycles. The molecule has 20 heavy (non-hydrogen) atoms. The van der Waals surface area contributed by atoms with Gasteiger partial charge in [-0.25, -0.2) is 0 Å². The zero-order chi connectivity index (χ0) is 14.8. The second-order valence-corrected chi connectivity index (χ2v) is 6.03. The summed E-state index contributed by atoms with van der Waals surface area (Å²) in [6.07, 6.45) is 2.27. The van der Waals surface area contributed by atoms with Gasteiger partial charge in [-0.3, -0.25) is 4.79 Å². The second kappa shape index (κ2) is 5.83. The first-order valence-electron chi connectivity index (χ1n) is 7.17. The summed E-state index contributed by atoms with van der Waals surface area (Å²) in [5.41, 5.74) is 7.51. The minimum absolute atomic E-state index is 0.258. The van der Waals surface area contributed by atoms with Crippen LogP contribution >= 0.6 is 0 Å². The molecule has 2 rings (SSSR count). The molecule has 0 spiro atoms. The maximum atomic E-state index is 12.0. The fourth-order valence-electron chi connectivity index (χ4n) is 2.75. The van der Waals surface area contributed by atoms with Gasteiger partial charge in [0.05, 0.1) is 7.11 Å². The molecule has 110 valence electrons. The molecule has 0 heterocycles. The number of aryl methyl sites for hydroxylation is 1. The number of fused-ring (bicyclic) bond motifs is 1. The second-order valence-electron chi connectivity index (χ2n) is 6.03. The van der Waals surface area contributed by atoms with E-state index < -0.39 is 5.54 Å². The van der Waals surface area contributed by atoms with Crippen LogP contribution in [0.5, 0.6) is 5.75 Å². The number of carbonyl (C=O) groups is 1. The van der Waals surface area contributed by atoms with E-state index >= 15 is 0 Å². The number of methoxy groups -OCH3 is 1. The predicted octanol–water partition coefficient (Wildman–Crippen LogP) is 1.65. The van der Waals surface area contributed by atoms with Crippen LogP contribution in [0.4, 0.5) is 0 Å². The summed E-state index contributed by atoms with van der Waals surface area (Å²) in [5, 5.41) is 3.40. The number of rotatable bonds is 5. The van der Waals surface area contributed by atoms with Crippen LogP contribution in [0, 0.1) is 5.92 Å². The van der Waals surface area contributed by atoms with Gasteiger partial charge in [0, 0.05) is 0 Å². The number of carbonyl (C=O) groups excluding carboxylic acids is 1. The number of hydrogen-bond acceptors (Lipinski definition) is 3. The fourth-order valence-corrected chi connectivity index (χ4v) is 2.75. The zero-order valence-electron chi connectivity index (χ0n) is 12.5. The van der Waals surface area contributed by atoms with Gasteiger partial charge in [-0.1, -0.05) is 19.9 Å². The Labute approximate surface area is 120 Å². The van der Waals surface area contributed by atoms with Gasteiger partial charge in [-0.15, -0.1) is 0 Å². The third-order valence-corrected chi connectivity index (χ3v) is 4.05. The fraction of sp³-hybridized carbons (Fsp3) is 0.562. The van der Waals surface area contributed by atoms with Crippen molar-refractivity contribution in [3.63, 3.8) is 0 Å². The summed E-state index contributed by atoms with van der Waals surface area (Å²) >= 11 is 0. The van der Waals surface area contributed by atoms with Crippen molar-refractivity contribution >= 4 is 5.91 Å². The highest BCUT2D eigenvalue weighted by atomic mass is 16.5. The Balaban J connectivity index is 2.26. The van der Waals surface area contributed by atoms with Gasteiger partial charge in [0.15, 0.2) is 0 Å². The van der Waals surface area contributed by atoms with Crippen molar-refractivity contribution in [3.05, 3.63) is 29.3 Å². The quantitative estimate of drug-likeness (QED) is 0.859. The third kappa shape index (κ3) is 2.96. The lowest BCUT2D eigenvalue weighted by Crippen LogP contribution is -2.59. The molecule has 0 aliphatic heterocycles. The molecule has 0 aromatic heterocycles. The Morgan fingerprint density at radius 3 is 2.80 bits per heavy atom. The molecule has 3 N–H and O–H groups in total. The molecule has 4 nitrogen and oxygen atoms in total. The molecule has 0 fully saturated rings. The van der Waals surface area contributed by atoms with Crippen LogP contribution in [0.2, 0.25) is 0 Å². The highest BCUT2D eigenvalue weighted by molar-refractivity contribution is 5.85. The van der Waals surface area contributed by atoms with E-state index in [1.165, 1.54) is 5.56 Å². The number of amides is 1. The highest BCUT2D eigenvalue weighted by Gasteiger charge is 2.39. The number of nitrogens with one attached hydrogen (secondary N) is 1. The van der Waals surface area contributed by atoms with Crippen molar-refractivity contribution < 1.29 is 9.53 Å². The summed E-state index contributed by atoms with van der Waals surface area (Å²) < 4.78 is 5.27. The molecule has 0 saturated carbocycles. The number of benzene rings is 1. The van der Waals surface area contributed by atoms with E-state index in [1.54, 1.807) is 7.11 Å². The topological polar surface area (TPSA) is 64.3 Å². The first-order chi connectivity index (χ1) is 9.47. The van der Waals surface area contributed by atoms with Crippen molar-refractivity contribution in [2.75, 3.05) is 13.7 Å². The van der Waals surface area contributed by atoms with Crippen LogP contribution in [0.1, 0.15) is 31.4 Å². The molecular formula is C16H24N2O2. The molecule has 1 atom stereocenters. The Morgan fingerprint density at radius 1 is 1.45 bits per heavy atom. The van der Waals surface area contributed by atoms with Gasteiger partial charge in [0.1, 0.15) is 11.3 Å². The van der Waals surface area contributed by atoms with E-state index in [4.69, 9.17) is 10.5 Å². The molecule has 1 unspecified atom stereocenters. The number of primary amides is 1. The highest BCUT2D eigenvalue weighted by Crippen LogP contribution is 2.31. The standard InChI is InChI=1S/C16H24N2O2/c1-11(2)10-18-16(15(17)19)7-6-12-4-5-14(20-3)8-13(12)9-16/h4-5,8,11,18H,6-7,9-10H2,1-3H3,(H2,17,19). The van der Waals surface area contributed by atoms with Crippen LogP contribution in [-0.4, -0.2) is 25.1 Å². The molecular weight excluding hydrogens is 252 g/mol. The monoisotopic (exact) mass is 276 g/mol. The minimum Gasteiger partial charge on any atom is -0.497 e. The van der Waals surface area contributed by atoms with Gasteiger partial charge in [0.2, 0.25) is 5.91 Å². The van der Waals surface area contributed by atoms with E-state index in [1.807, 2.05) is 12.1 Å². The summed E-state index contributed by atoms with van der Waals surface area (Å²) in [6, 6.07) is 6.07. The summed E-state index contributed by atoms with van der Waals surface area (Å²) in [6.45, 7) is 5.05. The largest absolute Gasteiger partial charge is 0.497 e. The van der Waals surface area contributed by atoms with Crippen LogP contribution in [0.3, 0.4) is 0 Å². The molecule has 1 aromatic rings. The normalized spacial score (nSPS) is 21.6. The molecule has 0 bridgehead atoms. The van der Waals surface area contributed by atoms with Gasteiger partial charge in [-0.05, 0) is 55.0 Å². The van der Waals surface area contributed by atoms with Crippen molar-refractivity contribution in [2.24, 2.45) is 11.7 Å². The Kier molecular flexibility index (Phi) is 4.33. The molecule has 0 radical (unpaired) electrons. The van der Waals surface area contributed by atoms with Gasteiger partial charge >= 0.3 is 0 Å². The van der Waals surface area contributed by atoms with Gasteiger partial charge < -0.3 is 15.8 Å².